The van der Waals surface area contributed by atoms with Gasteiger partial charge in [-0.25, -0.2) is 0 Å². The fourth-order valence-electron chi connectivity index (χ4n) is 1.41. The summed E-state index contributed by atoms with van der Waals surface area (Å²) in [4.78, 5) is 0.0104. The van der Waals surface area contributed by atoms with E-state index in [0.29, 0.717) is 5.75 Å². The summed E-state index contributed by atoms with van der Waals surface area (Å²) < 4.78 is 38.8. The summed E-state index contributed by atoms with van der Waals surface area (Å²) in [5, 5.41) is 0. The van der Waals surface area contributed by atoms with Crippen LogP contribution in [0.5, 0.6) is 11.5 Å². The van der Waals surface area contributed by atoms with Crippen molar-refractivity contribution in [3.05, 3.63) is 18.2 Å². The molecule has 1 aromatic carbocycles. The second-order valence-electron chi connectivity index (χ2n) is 3.59. The minimum atomic E-state index is -3.79. The topological polar surface area (TPSA) is 61.8 Å². The molecule has 0 atom stereocenters. The minimum absolute atomic E-state index is 0.0104. The van der Waals surface area contributed by atoms with Crippen molar-refractivity contribution in [3.8, 4) is 11.5 Å². The highest BCUT2D eigenvalue weighted by Gasteiger charge is 2.27. The molecule has 2 rings (SSSR count). The van der Waals surface area contributed by atoms with Gasteiger partial charge in [-0.1, -0.05) is 6.07 Å². The smallest absolute Gasteiger partial charge is 0.301 e. The van der Waals surface area contributed by atoms with Gasteiger partial charge >= 0.3 is 10.1 Å². The Balaban J connectivity index is 2.45. The standard InChI is InChI=1S/C10H12O5S/c1-7(2)15-16(11,12)9-5-3-4-8-10(9)14-6-13-8/h3-5,7H,6H2,1-2H3. The monoisotopic (exact) mass is 244 g/mol. The van der Waals surface area contributed by atoms with E-state index in [1.165, 1.54) is 6.07 Å². The number of hydrogen-bond donors (Lipinski definition) is 0. The molecule has 0 aliphatic carbocycles. The molecule has 1 aliphatic rings. The number of benzene rings is 1. The second kappa shape index (κ2) is 3.95. The molecule has 0 N–H and O–H groups in total. The lowest BCUT2D eigenvalue weighted by atomic mass is 10.3. The van der Waals surface area contributed by atoms with Crippen LogP contribution >= 0.6 is 0 Å². The van der Waals surface area contributed by atoms with Gasteiger partial charge in [0.05, 0.1) is 6.10 Å². The summed E-state index contributed by atoms with van der Waals surface area (Å²) in [5.74, 6) is 0.650. The largest absolute Gasteiger partial charge is 0.454 e. The van der Waals surface area contributed by atoms with E-state index in [0.717, 1.165) is 0 Å². The summed E-state index contributed by atoms with van der Waals surface area (Å²) in [6.07, 6.45) is -0.414. The van der Waals surface area contributed by atoms with E-state index in [9.17, 15) is 8.42 Å². The maximum atomic E-state index is 11.8. The lowest BCUT2D eigenvalue weighted by Crippen LogP contribution is -2.13. The van der Waals surface area contributed by atoms with Crippen molar-refractivity contribution in [1.29, 1.82) is 0 Å². The molecule has 0 radical (unpaired) electrons. The summed E-state index contributed by atoms with van der Waals surface area (Å²) in [7, 11) is -3.79. The van der Waals surface area contributed by atoms with Crippen LogP contribution in [-0.4, -0.2) is 21.3 Å². The first-order valence-electron chi connectivity index (χ1n) is 4.82. The number of para-hydroxylation sites is 1. The molecule has 0 spiro atoms. The van der Waals surface area contributed by atoms with Crippen LogP contribution in [0, 0.1) is 0 Å². The second-order valence-corrected chi connectivity index (χ2v) is 5.13. The SMILES string of the molecule is CC(C)OS(=O)(=O)c1cccc2c1OCO2. The maximum absolute atomic E-state index is 11.8. The van der Waals surface area contributed by atoms with Crippen LogP contribution in [-0.2, 0) is 14.3 Å². The molecule has 0 amide bonds. The summed E-state index contributed by atoms with van der Waals surface area (Å²) in [6.45, 7) is 3.33. The van der Waals surface area contributed by atoms with E-state index in [1.807, 2.05) is 0 Å². The van der Waals surface area contributed by atoms with Gasteiger partial charge < -0.3 is 9.47 Å². The third kappa shape index (κ3) is 1.98. The molecule has 1 aromatic rings. The third-order valence-electron chi connectivity index (χ3n) is 1.95. The first-order chi connectivity index (χ1) is 7.50. The van der Waals surface area contributed by atoms with Crippen molar-refractivity contribution in [1.82, 2.24) is 0 Å². The zero-order valence-corrected chi connectivity index (χ0v) is 9.78. The van der Waals surface area contributed by atoms with E-state index < -0.39 is 16.2 Å². The van der Waals surface area contributed by atoms with Crippen LogP contribution < -0.4 is 9.47 Å². The van der Waals surface area contributed by atoms with Crippen LogP contribution in [0.15, 0.2) is 23.1 Å². The Bertz CT molecular complexity index is 492. The van der Waals surface area contributed by atoms with Gasteiger partial charge in [-0.05, 0) is 26.0 Å². The molecular weight excluding hydrogens is 232 g/mol. The van der Waals surface area contributed by atoms with Gasteiger partial charge in [-0.15, -0.1) is 0 Å². The molecule has 0 saturated carbocycles. The van der Waals surface area contributed by atoms with Crippen LogP contribution in [0.25, 0.3) is 0 Å². The number of rotatable bonds is 3. The lowest BCUT2D eigenvalue weighted by Gasteiger charge is -2.09. The predicted molar refractivity (Wildman–Crippen MR) is 56.0 cm³/mol. The van der Waals surface area contributed by atoms with Crippen molar-refractivity contribution >= 4 is 10.1 Å². The minimum Gasteiger partial charge on any atom is -0.454 e. The molecule has 0 aromatic heterocycles. The van der Waals surface area contributed by atoms with Crippen LogP contribution in [0.1, 0.15) is 13.8 Å². The van der Waals surface area contributed by atoms with E-state index in [-0.39, 0.29) is 17.4 Å². The predicted octanol–water partition coefficient (Wildman–Crippen LogP) is 1.53. The molecule has 0 unspecified atom stereocenters. The molecule has 88 valence electrons. The Hall–Kier alpha value is -1.27. The molecule has 5 nitrogen and oxygen atoms in total. The summed E-state index contributed by atoms with van der Waals surface area (Å²) in [6, 6.07) is 4.67. The quantitative estimate of drug-likeness (QED) is 0.754. The fraction of sp³-hybridized carbons (Fsp3) is 0.400. The average molecular weight is 244 g/mol. The molecule has 1 heterocycles. The normalized spacial score (nSPS) is 14.4. The van der Waals surface area contributed by atoms with Crippen molar-refractivity contribution in [3.63, 3.8) is 0 Å². The molecule has 1 aliphatic heterocycles. The Kier molecular flexibility index (Phi) is 2.77. The molecule has 0 fully saturated rings. The van der Waals surface area contributed by atoms with E-state index in [2.05, 4.69) is 0 Å². The molecule has 0 saturated heterocycles. The van der Waals surface area contributed by atoms with Gasteiger partial charge in [-0.2, -0.15) is 8.42 Å². The van der Waals surface area contributed by atoms with Crippen molar-refractivity contribution in [2.24, 2.45) is 0 Å². The van der Waals surface area contributed by atoms with Crippen LogP contribution in [0.4, 0.5) is 0 Å². The summed E-state index contributed by atoms with van der Waals surface area (Å²) in [5.41, 5.74) is 0. The average Bonchev–Trinajstić information content (AvgIpc) is 2.62. The zero-order valence-electron chi connectivity index (χ0n) is 8.97. The van der Waals surface area contributed by atoms with Crippen molar-refractivity contribution < 1.29 is 22.1 Å². The Labute approximate surface area is 94.1 Å². The zero-order chi connectivity index (χ0) is 11.8. The van der Waals surface area contributed by atoms with E-state index >= 15 is 0 Å². The van der Waals surface area contributed by atoms with E-state index in [4.69, 9.17) is 13.7 Å². The molecule has 0 bridgehead atoms. The molecule has 16 heavy (non-hydrogen) atoms. The number of fused-ring (bicyclic) bond motifs is 1. The van der Waals surface area contributed by atoms with Crippen LogP contribution in [0.2, 0.25) is 0 Å². The van der Waals surface area contributed by atoms with Crippen molar-refractivity contribution in [2.75, 3.05) is 6.79 Å². The lowest BCUT2D eigenvalue weighted by molar-refractivity contribution is 0.171. The van der Waals surface area contributed by atoms with Gasteiger partial charge in [0.15, 0.2) is 11.5 Å². The van der Waals surface area contributed by atoms with Gasteiger partial charge in [-0.3, -0.25) is 4.18 Å². The van der Waals surface area contributed by atoms with E-state index in [1.54, 1.807) is 26.0 Å². The van der Waals surface area contributed by atoms with Gasteiger partial charge in [0.1, 0.15) is 4.90 Å². The van der Waals surface area contributed by atoms with Crippen LogP contribution in [0.3, 0.4) is 0 Å². The molecular formula is C10H12O5S. The number of hydrogen-bond acceptors (Lipinski definition) is 5. The highest BCUT2D eigenvalue weighted by atomic mass is 32.2. The van der Waals surface area contributed by atoms with Gasteiger partial charge in [0.2, 0.25) is 6.79 Å². The first-order valence-corrected chi connectivity index (χ1v) is 6.23. The summed E-state index contributed by atoms with van der Waals surface area (Å²) >= 11 is 0. The van der Waals surface area contributed by atoms with Crippen molar-refractivity contribution in [2.45, 2.75) is 24.8 Å². The third-order valence-corrected chi connectivity index (χ3v) is 3.45. The Morgan fingerprint density at radius 3 is 2.75 bits per heavy atom. The maximum Gasteiger partial charge on any atom is 0.301 e. The first kappa shape index (κ1) is 11.2. The Morgan fingerprint density at radius 1 is 1.31 bits per heavy atom. The Morgan fingerprint density at radius 2 is 2.06 bits per heavy atom. The van der Waals surface area contributed by atoms with Gasteiger partial charge in [0.25, 0.3) is 0 Å². The fourth-order valence-corrected chi connectivity index (χ4v) is 2.65. The highest BCUT2D eigenvalue weighted by molar-refractivity contribution is 7.86. The van der Waals surface area contributed by atoms with Gasteiger partial charge in [0, 0.05) is 0 Å². The molecule has 6 heteroatoms. The highest BCUT2D eigenvalue weighted by Crippen LogP contribution is 2.38. The number of ether oxygens (including phenoxy) is 2.